The zero-order valence-corrected chi connectivity index (χ0v) is 15.1. The van der Waals surface area contributed by atoms with Crippen molar-refractivity contribution in [3.8, 4) is 0 Å². The number of aryl methyl sites for hydroxylation is 1. The molecule has 3 aromatic rings. The van der Waals surface area contributed by atoms with Crippen molar-refractivity contribution < 1.29 is 14.3 Å². The molecule has 0 saturated carbocycles. The lowest BCUT2D eigenvalue weighted by atomic mass is 10.1. The van der Waals surface area contributed by atoms with E-state index in [0.717, 1.165) is 15.2 Å². The van der Waals surface area contributed by atoms with Crippen LogP contribution in [0.25, 0.3) is 10.2 Å². The molecule has 0 bridgehead atoms. The number of aromatic nitrogens is 2. The van der Waals surface area contributed by atoms with Gasteiger partial charge in [-0.3, -0.25) is 4.79 Å². The summed E-state index contributed by atoms with van der Waals surface area (Å²) in [4.78, 5) is 32.0. The van der Waals surface area contributed by atoms with E-state index in [4.69, 9.17) is 4.74 Å². The highest BCUT2D eigenvalue weighted by atomic mass is 32.1. The standard InChI is InChI=1S/C18H19N3O3S/c1-4-24-18(23)15-10(2)16(20-11(15)3)17(22)19-9-14-21-12-7-5-6-8-13(12)25-14/h5-8,20H,4,9H2,1-3H3,(H,19,22). The van der Waals surface area contributed by atoms with Gasteiger partial charge >= 0.3 is 5.97 Å². The third-order valence-electron chi connectivity index (χ3n) is 3.88. The number of nitrogens with one attached hydrogen (secondary N) is 2. The summed E-state index contributed by atoms with van der Waals surface area (Å²) in [7, 11) is 0. The number of para-hydroxylation sites is 1. The lowest BCUT2D eigenvalue weighted by molar-refractivity contribution is 0.0525. The lowest BCUT2D eigenvalue weighted by Gasteiger charge is -2.04. The molecule has 0 atom stereocenters. The number of ether oxygens (including phenoxy) is 1. The monoisotopic (exact) mass is 357 g/mol. The van der Waals surface area contributed by atoms with E-state index in [0.29, 0.717) is 35.7 Å². The van der Waals surface area contributed by atoms with Crippen LogP contribution in [-0.4, -0.2) is 28.5 Å². The Hall–Kier alpha value is -2.67. The first kappa shape index (κ1) is 17.2. The second kappa shape index (κ2) is 7.06. The second-order valence-electron chi connectivity index (χ2n) is 5.60. The summed E-state index contributed by atoms with van der Waals surface area (Å²) in [6.07, 6.45) is 0. The van der Waals surface area contributed by atoms with Crippen molar-refractivity contribution in [1.29, 1.82) is 0 Å². The molecule has 3 rings (SSSR count). The molecule has 6 nitrogen and oxygen atoms in total. The summed E-state index contributed by atoms with van der Waals surface area (Å²) in [5, 5.41) is 3.69. The quantitative estimate of drug-likeness (QED) is 0.686. The fourth-order valence-electron chi connectivity index (χ4n) is 2.73. The van der Waals surface area contributed by atoms with Gasteiger partial charge in [0.15, 0.2) is 0 Å². The van der Waals surface area contributed by atoms with Gasteiger partial charge in [0.05, 0.1) is 28.9 Å². The highest BCUT2D eigenvalue weighted by molar-refractivity contribution is 7.18. The number of hydrogen-bond donors (Lipinski definition) is 2. The molecule has 2 aromatic heterocycles. The van der Waals surface area contributed by atoms with Gasteiger partial charge in [0.2, 0.25) is 0 Å². The van der Waals surface area contributed by atoms with E-state index in [1.54, 1.807) is 32.1 Å². The molecule has 0 saturated heterocycles. The fraction of sp³-hybridized carbons (Fsp3) is 0.278. The SMILES string of the molecule is CCOC(=O)c1c(C)[nH]c(C(=O)NCc2nc3ccccc3s2)c1C. The topological polar surface area (TPSA) is 84.1 Å². The number of carbonyl (C=O) groups is 2. The summed E-state index contributed by atoms with van der Waals surface area (Å²) < 4.78 is 6.13. The number of aromatic amines is 1. The smallest absolute Gasteiger partial charge is 0.340 e. The molecule has 1 aromatic carbocycles. The van der Waals surface area contributed by atoms with E-state index in [9.17, 15) is 9.59 Å². The van der Waals surface area contributed by atoms with Gasteiger partial charge in [-0.2, -0.15) is 0 Å². The van der Waals surface area contributed by atoms with Gasteiger partial charge in [-0.25, -0.2) is 9.78 Å². The molecule has 130 valence electrons. The van der Waals surface area contributed by atoms with Gasteiger partial charge in [0.1, 0.15) is 10.7 Å². The molecule has 1 amide bonds. The molecule has 0 aliphatic heterocycles. The van der Waals surface area contributed by atoms with Crippen LogP contribution in [0.2, 0.25) is 0 Å². The van der Waals surface area contributed by atoms with Gasteiger partial charge in [-0.15, -0.1) is 11.3 Å². The minimum Gasteiger partial charge on any atom is -0.462 e. The number of carbonyl (C=O) groups excluding carboxylic acids is 2. The summed E-state index contributed by atoms with van der Waals surface area (Å²) in [6.45, 7) is 5.87. The van der Waals surface area contributed by atoms with E-state index < -0.39 is 5.97 Å². The average Bonchev–Trinajstić information content (AvgIpc) is 3.13. The second-order valence-corrected chi connectivity index (χ2v) is 6.72. The van der Waals surface area contributed by atoms with Crippen LogP contribution >= 0.6 is 11.3 Å². The Kier molecular flexibility index (Phi) is 4.85. The molecule has 0 spiro atoms. The summed E-state index contributed by atoms with van der Waals surface area (Å²) in [6, 6.07) is 7.85. The molecule has 25 heavy (non-hydrogen) atoms. The Labute approximate surface area is 149 Å². The molecule has 2 heterocycles. The Morgan fingerprint density at radius 1 is 1.28 bits per heavy atom. The van der Waals surface area contributed by atoms with Crippen molar-refractivity contribution in [3.63, 3.8) is 0 Å². The molecule has 0 fully saturated rings. The lowest BCUT2D eigenvalue weighted by Crippen LogP contribution is -2.24. The van der Waals surface area contributed by atoms with Crippen LogP contribution < -0.4 is 5.32 Å². The van der Waals surface area contributed by atoms with E-state index in [1.807, 2.05) is 24.3 Å². The van der Waals surface area contributed by atoms with Crippen LogP contribution in [0.1, 0.15) is 44.0 Å². The van der Waals surface area contributed by atoms with Crippen LogP contribution in [0.3, 0.4) is 0 Å². The number of nitrogens with zero attached hydrogens (tertiary/aromatic N) is 1. The van der Waals surface area contributed by atoms with E-state index in [1.165, 1.54) is 0 Å². The van der Waals surface area contributed by atoms with E-state index >= 15 is 0 Å². The molecular formula is C18H19N3O3S. The van der Waals surface area contributed by atoms with E-state index in [-0.39, 0.29) is 5.91 Å². The average molecular weight is 357 g/mol. The number of rotatable bonds is 5. The van der Waals surface area contributed by atoms with Gasteiger partial charge < -0.3 is 15.0 Å². The normalized spacial score (nSPS) is 10.8. The Morgan fingerprint density at radius 2 is 2.04 bits per heavy atom. The molecule has 0 aliphatic carbocycles. The van der Waals surface area contributed by atoms with Crippen molar-refractivity contribution in [2.75, 3.05) is 6.61 Å². The van der Waals surface area contributed by atoms with E-state index in [2.05, 4.69) is 15.3 Å². The van der Waals surface area contributed by atoms with Gasteiger partial charge in [0, 0.05) is 5.69 Å². The zero-order valence-electron chi connectivity index (χ0n) is 14.3. The minimum absolute atomic E-state index is 0.268. The summed E-state index contributed by atoms with van der Waals surface area (Å²) >= 11 is 1.55. The number of amides is 1. The number of fused-ring (bicyclic) bond motifs is 1. The number of hydrogen-bond acceptors (Lipinski definition) is 5. The van der Waals surface area contributed by atoms with Crippen LogP contribution in [0.15, 0.2) is 24.3 Å². The Morgan fingerprint density at radius 3 is 2.76 bits per heavy atom. The van der Waals surface area contributed by atoms with Crippen LogP contribution in [0, 0.1) is 13.8 Å². The summed E-state index contributed by atoms with van der Waals surface area (Å²) in [5.74, 6) is -0.686. The van der Waals surface area contributed by atoms with Crippen molar-refractivity contribution in [2.45, 2.75) is 27.3 Å². The first-order chi connectivity index (χ1) is 12.0. The molecule has 7 heteroatoms. The maximum absolute atomic E-state index is 12.5. The summed E-state index contributed by atoms with van der Waals surface area (Å²) in [5.41, 5.74) is 2.95. The van der Waals surface area contributed by atoms with Gasteiger partial charge in [-0.05, 0) is 38.5 Å². The van der Waals surface area contributed by atoms with Gasteiger partial charge in [0.25, 0.3) is 5.91 Å². The van der Waals surface area contributed by atoms with Crippen LogP contribution in [0.4, 0.5) is 0 Å². The highest BCUT2D eigenvalue weighted by Crippen LogP contribution is 2.22. The molecule has 0 unspecified atom stereocenters. The predicted molar refractivity (Wildman–Crippen MR) is 97.0 cm³/mol. The van der Waals surface area contributed by atoms with Crippen molar-refractivity contribution in [2.24, 2.45) is 0 Å². The van der Waals surface area contributed by atoms with Crippen LogP contribution in [0.5, 0.6) is 0 Å². The third kappa shape index (κ3) is 3.41. The number of thiazole rings is 1. The van der Waals surface area contributed by atoms with Crippen molar-refractivity contribution in [3.05, 3.63) is 51.8 Å². The molecule has 0 aliphatic rings. The first-order valence-corrected chi connectivity index (χ1v) is 8.81. The predicted octanol–water partition coefficient (Wildman–Crippen LogP) is 3.35. The Balaban J connectivity index is 1.75. The van der Waals surface area contributed by atoms with Gasteiger partial charge in [-0.1, -0.05) is 12.1 Å². The van der Waals surface area contributed by atoms with Crippen molar-refractivity contribution in [1.82, 2.24) is 15.3 Å². The maximum Gasteiger partial charge on any atom is 0.340 e. The highest BCUT2D eigenvalue weighted by Gasteiger charge is 2.22. The Bertz CT molecular complexity index is 909. The maximum atomic E-state index is 12.5. The van der Waals surface area contributed by atoms with Crippen molar-refractivity contribution >= 4 is 33.4 Å². The minimum atomic E-state index is -0.418. The number of esters is 1. The molecular weight excluding hydrogens is 338 g/mol. The molecule has 0 radical (unpaired) electrons. The third-order valence-corrected chi connectivity index (χ3v) is 4.92. The first-order valence-electron chi connectivity index (χ1n) is 8.00. The molecule has 2 N–H and O–H groups in total. The largest absolute Gasteiger partial charge is 0.462 e. The number of benzene rings is 1. The fourth-order valence-corrected chi connectivity index (χ4v) is 3.63. The zero-order chi connectivity index (χ0) is 18.0. The van der Waals surface area contributed by atoms with Crippen LogP contribution in [-0.2, 0) is 11.3 Å². The number of H-pyrrole nitrogens is 1.